The van der Waals surface area contributed by atoms with E-state index in [1.807, 2.05) is 6.92 Å². The predicted molar refractivity (Wildman–Crippen MR) is 59.3 cm³/mol. The number of phenols is 1. The molecule has 0 bridgehead atoms. The maximum atomic E-state index is 9.26. The number of aromatic nitrogens is 2. The molecule has 0 aliphatic carbocycles. The molecule has 0 fully saturated rings. The molecule has 0 amide bonds. The summed E-state index contributed by atoms with van der Waals surface area (Å²) in [6.45, 7) is 1.82. The molecule has 5 nitrogen and oxygen atoms in total. The number of phenolic OH excluding ortho intramolecular Hbond substituents is 1. The van der Waals surface area contributed by atoms with Gasteiger partial charge in [-0.2, -0.15) is 5.10 Å². The van der Waals surface area contributed by atoms with Gasteiger partial charge in [-0.15, -0.1) is 0 Å². The molecule has 1 aromatic carbocycles. The number of hydrogen-bond acceptors (Lipinski definition) is 4. The van der Waals surface area contributed by atoms with Crippen molar-refractivity contribution < 1.29 is 9.84 Å². The average molecular weight is 219 g/mol. The molecule has 1 unspecified atom stereocenters. The minimum atomic E-state index is -0.193. The number of nitrogens with two attached hydrogens (primary N) is 1. The molecule has 16 heavy (non-hydrogen) atoms. The van der Waals surface area contributed by atoms with E-state index >= 15 is 0 Å². The quantitative estimate of drug-likeness (QED) is 0.826. The molecule has 0 spiro atoms. The van der Waals surface area contributed by atoms with E-state index in [9.17, 15) is 5.11 Å². The minimum absolute atomic E-state index is 0.164. The number of hydrogen-bond donors (Lipinski definition) is 2. The zero-order valence-corrected chi connectivity index (χ0v) is 8.87. The summed E-state index contributed by atoms with van der Waals surface area (Å²) in [5.41, 5.74) is 5.65. The summed E-state index contributed by atoms with van der Waals surface area (Å²) in [6.07, 6.45) is 3.09. The van der Waals surface area contributed by atoms with Crippen LogP contribution in [0.2, 0.25) is 0 Å². The summed E-state index contributed by atoms with van der Waals surface area (Å²) in [4.78, 5) is 0. The fourth-order valence-corrected chi connectivity index (χ4v) is 1.28. The molecule has 0 saturated carbocycles. The largest absolute Gasteiger partial charge is 0.508 e. The van der Waals surface area contributed by atoms with E-state index in [-0.39, 0.29) is 11.9 Å². The Kier molecular flexibility index (Phi) is 2.78. The molecule has 0 radical (unpaired) electrons. The standard InChI is InChI=1S/C11H13N3O2/c1-8(12)14-7-11(6-13-14)16-10-4-2-3-9(15)5-10/h2-8,15H,12H2,1H3. The highest BCUT2D eigenvalue weighted by atomic mass is 16.5. The summed E-state index contributed by atoms with van der Waals surface area (Å²) < 4.78 is 7.09. The third-order valence-corrected chi connectivity index (χ3v) is 2.05. The van der Waals surface area contributed by atoms with E-state index in [4.69, 9.17) is 10.5 Å². The van der Waals surface area contributed by atoms with Crippen LogP contribution in [0, 0.1) is 0 Å². The third kappa shape index (κ3) is 2.32. The lowest BCUT2D eigenvalue weighted by molar-refractivity contribution is 0.453. The maximum Gasteiger partial charge on any atom is 0.165 e. The van der Waals surface area contributed by atoms with Crippen molar-refractivity contribution in [3.63, 3.8) is 0 Å². The normalized spacial score (nSPS) is 12.4. The van der Waals surface area contributed by atoms with Gasteiger partial charge < -0.3 is 15.6 Å². The second kappa shape index (κ2) is 4.24. The highest BCUT2D eigenvalue weighted by Gasteiger charge is 2.04. The van der Waals surface area contributed by atoms with E-state index in [0.29, 0.717) is 11.5 Å². The van der Waals surface area contributed by atoms with Crippen molar-refractivity contribution in [3.8, 4) is 17.2 Å². The lowest BCUT2D eigenvalue weighted by Gasteiger charge is -2.04. The van der Waals surface area contributed by atoms with Crippen molar-refractivity contribution >= 4 is 0 Å². The Morgan fingerprint density at radius 2 is 2.25 bits per heavy atom. The first-order valence-electron chi connectivity index (χ1n) is 4.92. The van der Waals surface area contributed by atoms with Crippen LogP contribution in [-0.2, 0) is 0 Å². The minimum Gasteiger partial charge on any atom is -0.508 e. The van der Waals surface area contributed by atoms with Crippen molar-refractivity contribution in [2.24, 2.45) is 5.73 Å². The molecular formula is C11H13N3O2. The molecule has 0 aliphatic heterocycles. The van der Waals surface area contributed by atoms with Gasteiger partial charge in [0.2, 0.25) is 0 Å². The Balaban J connectivity index is 2.14. The number of benzene rings is 1. The van der Waals surface area contributed by atoms with Gasteiger partial charge in [0.05, 0.1) is 18.6 Å². The van der Waals surface area contributed by atoms with E-state index in [1.165, 1.54) is 6.07 Å². The lowest BCUT2D eigenvalue weighted by Crippen LogP contribution is -2.14. The van der Waals surface area contributed by atoms with E-state index in [1.54, 1.807) is 35.3 Å². The first-order valence-corrected chi connectivity index (χ1v) is 4.92. The topological polar surface area (TPSA) is 73.3 Å². The molecule has 0 saturated heterocycles. The third-order valence-electron chi connectivity index (χ3n) is 2.05. The Morgan fingerprint density at radius 3 is 2.88 bits per heavy atom. The molecule has 2 aromatic rings. The molecular weight excluding hydrogens is 206 g/mol. The highest BCUT2D eigenvalue weighted by molar-refractivity contribution is 5.34. The van der Waals surface area contributed by atoms with Gasteiger partial charge in [-0.25, -0.2) is 0 Å². The van der Waals surface area contributed by atoms with Crippen molar-refractivity contribution in [1.29, 1.82) is 0 Å². The fraction of sp³-hybridized carbons (Fsp3) is 0.182. The van der Waals surface area contributed by atoms with Gasteiger partial charge >= 0.3 is 0 Å². The highest BCUT2D eigenvalue weighted by Crippen LogP contribution is 2.24. The van der Waals surface area contributed by atoms with Crippen LogP contribution in [0.3, 0.4) is 0 Å². The lowest BCUT2D eigenvalue weighted by atomic mass is 10.3. The van der Waals surface area contributed by atoms with Crippen LogP contribution in [0.25, 0.3) is 0 Å². The second-order valence-corrected chi connectivity index (χ2v) is 3.50. The van der Waals surface area contributed by atoms with Crippen molar-refractivity contribution in [2.75, 3.05) is 0 Å². The number of ether oxygens (including phenoxy) is 1. The molecule has 5 heteroatoms. The van der Waals surface area contributed by atoms with Crippen LogP contribution < -0.4 is 10.5 Å². The summed E-state index contributed by atoms with van der Waals surface area (Å²) in [6, 6.07) is 6.57. The van der Waals surface area contributed by atoms with Crippen molar-refractivity contribution in [1.82, 2.24) is 9.78 Å². The van der Waals surface area contributed by atoms with Gasteiger partial charge in [0, 0.05) is 6.07 Å². The monoisotopic (exact) mass is 219 g/mol. The maximum absolute atomic E-state index is 9.26. The van der Waals surface area contributed by atoms with Crippen LogP contribution >= 0.6 is 0 Å². The first-order chi connectivity index (χ1) is 7.65. The molecule has 1 atom stereocenters. The Hall–Kier alpha value is -2.01. The molecule has 1 heterocycles. The van der Waals surface area contributed by atoms with E-state index in [0.717, 1.165) is 0 Å². The van der Waals surface area contributed by atoms with Crippen LogP contribution in [0.1, 0.15) is 13.1 Å². The van der Waals surface area contributed by atoms with E-state index < -0.39 is 0 Å². The van der Waals surface area contributed by atoms with Gasteiger partial charge in [0.1, 0.15) is 11.5 Å². The summed E-state index contributed by atoms with van der Waals surface area (Å²) in [7, 11) is 0. The number of nitrogens with zero attached hydrogens (tertiary/aromatic N) is 2. The Morgan fingerprint density at radius 1 is 1.44 bits per heavy atom. The molecule has 0 aliphatic rings. The summed E-state index contributed by atoms with van der Waals surface area (Å²) in [5.74, 6) is 1.31. The zero-order valence-electron chi connectivity index (χ0n) is 8.87. The van der Waals surface area contributed by atoms with Crippen molar-refractivity contribution in [3.05, 3.63) is 36.7 Å². The van der Waals surface area contributed by atoms with Crippen molar-refractivity contribution in [2.45, 2.75) is 13.1 Å². The van der Waals surface area contributed by atoms with Gasteiger partial charge in [-0.1, -0.05) is 6.07 Å². The predicted octanol–water partition coefficient (Wildman–Crippen LogP) is 1.86. The van der Waals surface area contributed by atoms with Crippen LogP contribution in [0.4, 0.5) is 0 Å². The number of rotatable bonds is 3. The number of aromatic hydroxyl groups is 1. The zero-order chi connectivity index (χ0) is 11.5. The average Bonchev–Trinajstić information content (AvgIpc) is 2.66. The first kappa shape index (κ1) is 10.5. The smallest absolute Gasteiger partial charge is 0.165 e. The van der Waals surface area contributed by atoms with Gasteiger partial charge in [0.25, 0.3) is 0 Å². The molecule has 84 valence electrons. The van der Waals surface area contributed by atoms with E-state index in [2.05, 4.69) is 5.10 Å². The van der Waals surface area contributed by atoms with Gasteiger partial charge in [-0.05, 0) is 19.1 Å². The summed E-state index contributed by atoms with van der Waals surface area (Å²) >= 11 is 0. The second-order valence-electron chi connectivity index (χ2n) is 3.50. The van der Waals surface area contributed by atoms with Crippen LogP contribution in [0.15, 0.2) is 36.7 Å². The van der Waals surface area contributed by atoms with Crippen LogP contribution in [0.5, 0.6) is 17.2 Å². The fourth-order valence-electron chi connectivity index (χ4n) is 1.28. The summed E-state index contributed by atoms with van der Waals surface area (Å²) in [5, 5.41) is 13.3. The van der Waals surface area contributed by atoms with Crippen LogP contribution in [-0.4, -0.2) is 14.9 Å². The molecule has 1 aromatic heterocycles. The Labute approximate surface area is 93.1 Å². The Bertz CT molecular complexity index is 480. The van der Waals surface area contributed by atoms with Gasteiger partial charge in [0.15, 0.2) is 5.75 Å². The molecule has 3 N–H and O–H groups in total. The SMILES string of the molecule is CC(N)n1cc(Oc2cccc(O)c2)cn1. The van der Waals surface area contributed by atoms with Gasteiger partial charge in [-0.3, -0.25) is 4.68 Å². The molecule has 2 rings (SSSR count).